The second-order valence-electron chi connectivity index (χ2n) is 6.89. The van der Waals surface area contributed by atoms with Gasteiger partial charge in [-0.3, -0.25) is 4.79 Å². The lowest BCUT2D eigenvalue weighted by molar-refractivity contribution is -0.119. The number of amides is 1. The Morgan fingerprint density at radius 1 is 0.969 bits per heavy atom. The fourth-order valence-corrected chi connectivity index (χ4v) is 2.87. The van der Waals surface area contributed by atoms with Gasteiger partial charge in [-0.2, -0.15) is 15.2 Å². The Morgan fingerprint density at radius 2 is 1.66 bits per heavy atom. The number of esters is 1. The van der Waals surface area contributed by atoms with Crippen molar-refractivity contribution in [2.75, 3.05) is 11.9 Å². The van der Waals surface area contributed by atoms with E-state index in [-0.39, 0.29) is 5.82 Å². The van der Waals surface area contributed by atoms with Crippen LogP contribution in [0.1, 0.15) is 22.0 Å². The zero-order valence-electron chi connectivity index (χ0n) is 17.4. The molecule has 0 radical (unpaired) electrons. The fraction of sp³-hybridized carbons (Fsp3) is 0.136. The topological polar surface area (TPSA) is 123 Å². The van der Waals surface area contributed by atoms with Crippen LogP contribution < -0.4 is 5.32 Å². The Hall–Kier alpha value is -4.47. The third kappa shape index (κ3) is 4.98. The minimum Gasteiger partial charge on any atom is -0.450 e. The summed E-state index contributed by atoms with van der Waals surface area (Å²) in [4.78, 5) is 32.6. The van der Waals surface area contributed by atoms with Gasteiger partial charge in [0.15, 0.2) is 6.61 Å². The van der Waals surface area contributed by atoms with Crippen molar-refractivity contribution in [1.29, 1.82) is 0 Å². The van der Waals surface area contributed by atoms with Crippen molar-refractivity contribution in [2.45, 2.75) is 13.8 Å². The molecular formula is C22H19N7O3. The number of hydrogen-bond acceptors (Lipinski definition) is 8. The first-order chi connectivity index (χ1) is 15.5. The van der Waals surface area contributed by atoms with Crippen molar-refractivity contribution in [2.24, 2.45) is 10.2 Å². The first-order valence-electron chi connectivity index (χ1n) is 9.73. The van der Waals surface area contributed by atoms with Gasteiger partial charge in [0.2, 0.25) is 0 Å². The van der Waals surface area contributed by atoms with Gasteiger partial charge in [-0.05, 0) is 56.3 Å². The number of azo groups is 1. The van der Waals surface area contributed by atoms with E-state index in [2.05, 4.69) is 30.6 Å². The maximum Gasteiger partial charge on any atom is 0.378 e. The van der Waals surface area contributed by atoms with E-state index in [0.29, 0.717) is 17.2 Å². The third-order valence-electron chi connectivity index (χ3n) is 4.32. The van der Waals surface area contributed by atoms with E-state index >= 15 is 0 Å². The number of carbonyl (C=O) groups excluding carboxylic acids is 2. The summed E-state index contributed by atoms with van der Waals surface area (Å²) < 4.78 is 6.47. The maximum absolute atomic E-state index is 12.2. The number of ether oxygens (including phenoxy) is 1. The Labute approximate surface area is 183 Å². The highest BCUT2D eigenvalue weighted by Gasteiger charge is 2.17. The normalized spacial score (nSPS) is 11.1. The molecule has 1 N–H and O–H groups in total. The number of aryl methyl sites for hydroxylation is 2. The minimum atomic E-state index is -0.806. The van der Waals surface area contributed by atoms with Crippen molar-refractivity contribution < 1.29 is 14.3 Å². The van der Waals surface area contributed by atoms with Crippen LogP contribution in [-0.2, 0) is 9.53 Å². The van der Waals surface area contributed by atoms with Crippen molar-refractivity contribution in [3.63, 3.8) is 0 Å². The quantitative estimate of drug-likeness (QED) is 0.366. The molecule has 1 amide bonds. The average Bonchev–Trinajstić information content (AvgIpc) is 3.22. The number of rotatable bonds is 6. The molecule has 10 nitrogen and oxygen atoms in total. The number of aromatic nitrogens is 4. The molecule has 0 atom stereocenters. The van der Waals surface area contributed by atoms with Gasteiger partial charge < -0.3 is 10.1 Å². The first kappa shape index (κ1) is 20.8. The molecule has 0 aliphatic rings. The maximum atomic E-state index is 12.2. The molecule has 0 bridgehead atoms. The van der Waals surface area contributed by atoms with E-state index in [9.17, 15) is 9.59 Å². The summed E-state index contributed by atoms with van der Waals surface area (Å²) in [5.41, 5.74) is 3.45. The Kier molecular flexibility index (Phi) is 5.93. The van der Waals surface area contributed by atoms with Gasteiger partial charge >= 0.3 is 5.97 Å². The molecule has 10 heteroatoms. The van der Waals surface area contributed by atoms with Crippen molar-refractivity contribution in [3.05, 3.63) is 77.9 Å². The smallest absolute Gasteiger partial charge is 0.378 e. The lowest BCUT2D eigenvalue weighted by Gasteiger charge is -2.05. The van der Waals surface area contributed by atoms with Crippen LogP contribution in [0.2, 0.25) is 0 Å². The van der Waals surface area contributed by atoms with E-state index in [1.165, 1.54) is 4.52 Å². The summed E-state index contributed by atoms with van der Waals surface area (Å²) in [5.74, 6) is -1.17. The van der Waals surface area contributed by atoms with Crippen LogP contribution >= 0.6 is 0 Å². The van der Waals surface area contributed by atoms with Gasteiger partial charge in [-0.25, -0.2) is 14.3 Å². The van der Waals surface area contributed by atoms with Crippen LogP contribution in [0.25, 0.3) is 5.78 Å². The van der Waals surface area contributed by atoms with Gasteiger partial charge in [0.1, 0.15) is 0 Å². The standard InChI is InChI=1S/C22H19N7O3/c1-14-12-15(2)29-22(23-14)25-20(28-29)21(31)32-13-19(30)24-16-8-10-18(11-9-16)27-26-17-6-4-3-5-7-17/h3-12H,13H2,1-2H3,(H,24,30). The van der Waals surface area contributed by atoms with Crippen LogP contribution in [-0.4, -0.2) is 38.1 Å². The summed E-state index contributed by atoms with van der Waals surface area (Å²) in [6, 6.07) is 18.0. The number of benzene rings is 2. The lowest BCUT2D eigenvalue weighted by Crippen LogP contribution is -2.21. The van der Waals surface area contributed by atoms with Gasteiger partial charge in [-0.1, -0.05) is 18.2 Å². The van der Waals surface area contributed by atoms with E-state index in [4.69, 9.17) is 4.74 Å². The number of nitrogens with zero attached hydrogens (tertiary/aromatic N) is 6. The van der Waals surface area contributed by atoms with Crippen molar-refractivity contribution >= 4 is 34.7 Å². The molecule has 2 aromatic carbocycles. The molecule has 4 aromatic rings. The average molecular weight is 429 g/mol. The highest BCUT2D eigenvalue weighted by atomic mass is 16.5. The van der Waals surface area contributed by atoms with Gasteiger partial charge in [0, 0.05) is 17.1 Å². The minimum absolute atomic E-state index is 0.160. The molecule has 0 aliphatic heterocycles. The lowest BCUT2D eigenvalue weighted by atomic mass is 10.3. The zero-order chi connectivity index (χ0) is 22.5. The van der Waals surface area contributed by atoms with Crippen LogP contribution in [0.5, 0.6) is 0 Å². The second-order valence-corrected chi connectivity index (χ2v) is 6.89. The van der Waals surface area contributed by atoms with Crippen LogP contribution in [0, 0.1) is 13.8 Å². The largest absolute Gasteiger partial charge is 0.450 e. The second kappa shape index (κ2) is 9.13. The Balaban J connectivity index is 1.31. The molecule has 0 spiro atoms. The SMILES string of the molecule is Cc1cc(C)n2nc(C(=O)OCC(=O)Nc3ccc(N=Nc4ccccc4)cc3)nc2n1. The molecule has 2 aromatic heterocycles. The first-order valence-corrected chi connectivity index (χ1v) is 9.73. The molecule has 0 aliphatic carbocycles. The Morgan fingerprint density at radius 3 is 2.38 bits per heavy atom. The van der Waals surface area contributed by atoms with Crippen molar-refractivity contribution in [3.8, 4) is 0 Å². The van der Waals surface area contributed by atoms with Crippen LogP contribution in [0.15, 0.2) is 70.9 Å². The highest BCUT2D eigenvalue weighted by Crippen LogP contribution is 2.20. The van der Waals surface area contributed by atoms with Crippen LogP contribution in [0.4, 0.5) is 17.1 Å². The summed E-state index contributed by atoms with van der Waals surface area (Å²) in [5, 5.41) is 15.0. The third-order valence-corrected chi connectivity index (χ3v) is 4.32. The summed E-state index contributed by atoms with van der Waals surface area (Å²) in [6.07, 6.45) is 0. The molecule has 0 fully saturated rings. The summed E-state index contributed by atoms with van der Waals surface area (Å²) in [7, 11) is 0. The molecule has 2 heterocycles. The molecule has 4 rings (SSSR count). The van der Waals surface area contributed by atoms with Crippen LogP contribution in [0.3, 0.4) is 0 Å². The summed E-state index contributed by atoms with van der Waals surface area (Å²) in [6.45, 7) is 3.17. The van der Waals surface area contributed by atoms with Gasteiger partial charge in [-0.15, -0.1) is 5.10 Å². The molecule has 0 saturated carbocycles. The number of hydrogen-bond donors (Lipinski definition) is 1. The van der Waals surface area contributed by atoms with Gasteiger partial charge in [0.05, 0.1) is 11.4 Å². The molecule has 0 unspecified atom stereocenters. The van der Waals surface area contributed by atoms with E-state index in [1.807, 2.05) is 50.2 Å². The predicted octanol–water partition coefficient (Wildman–Crippen LogP) is 3.95. The fourth-order valence-electron chi connectivity index (χ4n) is 2.87. The van der Waals surface area contributed by atoms with E-state index in [1.54, 1.807) is 24.3 Å². The zero-order valence-corrected chi connectivity index (χ0v) is 17.4. The van der Waals surface area contributed by atoms with E-state index in [0.717, 1.165) is 17.1 Å². The predicted molar refractivity (Wildman–Crippen MR) is 116 cm³/mol. The molecule has 0 saturated heterocycles. The molecule has 32 heavy (non-hydrogen) atoms. The number of anilines is 1. The van der Waals surface area contributed by atoms with Crippen molar-refractivity contribution in [1.82, 2.24) is 19.6 Å². The number of fused-ring (bicyclic) bond motifs is 1. The van der Waals surface area contributed by atoms with E-state index < -0.39 is 18.5 Å². The number of nitrogens with one attached hydrogen (secondary N) is 1. The number of carbonyl (C=O) groups is 2. The Bertz CT molecular complexity index is 1300. The van der Waals surface area contributed by atoms with Gasteiger partial charge in [0.25, 0.3) is 17.5 Å². The highest BCUT2D eigenvalue weighted by molar-refractivity contribution is 5.94. The summed E-state index contributed by atoms with van der Waals surface area (Å²) >= 11 is 0. The monoisotopic (exact) mass is 429 g/mol. The molecule has 160 valence electrons. The molecular weight excluding hydrogens is 410 g/mol.